The average Bonchev–Trinajstić information content (AvgIpc) is 3.63. The summed E-state index contributed by atoms with van der Waals surface area (Å²) in [5.41, 5.74) is 4.50. The van der Waals surface area contributed by atoms with Gasteiger partial charge in [-0.15, -0.1) is 6.58 Å². The van der Waals surface area contributed by atoms with Crippen LogP contribution in [0.1, 0.15) is 88.3 Å². The monoisotopic (exact) mass is 470 g/mol. The van der Waals surface area contributed by atoms with Crippen LogP contribution in [0.2, 0.25) is 0 Å². The fourth-order valence-corrected chi connectivity index (χ4v) is 3.57. The summed E-state index contributed by atoms with van der Waals surface area (Å²) >= 11 is 0. The number of rotatable bonds is 8. The summed E-state index contributed by atoms with van der Waals surface area (Å²) in [5.74, 6) is -0.0943. The van der Waals surface area contributed by atoms with E-state index in [1.807, 2.05) is 19.9 Å². The van der Waals surface area contributed by atoms with Crippen LogP contribution in [0.3, 0.4) is 0 Å². The third kappa shape index (κ3) is 8.12. The van der Waals surface area contributed by atoms with E-state index in [0.29, 0.717) is 23.5 Å². The van der Waals surface area contributed by atoms with Crippen molar-refractivity contribution in [1.82, 2.24) is 0 Å². The van der Waals surface area contributed by atoms with Crippen LogP contribution in [0.15, 0.2) is 49.1 Å². The van der Waals surface area contributed by atoms with Crippen molar-refractivity contribution in [1.29, 1.82) is 0 Å². The van der Waals surface area contributed by atoms with E-state index < -0.39 is 18.2 Å². The van der Waals surface area contributed by atoms with Crippen LogP contribution in [-0.2, 0) is 9.47 Å². The topological polar surface area (TPSA) is 93.1 Å². The molecule has 6 heteroatoms. The molecule has 2 unspecified atom stereocenters. The number of aliphatic hydroxyl groups excluding tert-OH is 2. The molecular formula is C28H38O6. The standard InChI is InChI=1S/C14H18O3.C13H16O3.CH4/c1-9-3-6-11(14(16)17-2)8-12(9)13(15)7-10-4-5-10;1-4-5-12(14)11-8-10(13(15)16-3)7-6-9(11)2;/h3,6,8,10,13,15H,4-5,7H2,1-2H3;4,6-8,12,14H,1,5H2,2-3H3;1H4. The first-order valence-electron chi connectivity index (χ1n) is 11.1. The Kier molecular flexibility index (Phi) is 11.7. The van der Waals surface area contributed by atoms with Gasteiger partial charge in [-0.25, -0.2) is 9.59 Å². The van der Waals surface area contributed by atoms with Crippen molar-refractivity contribution in [3.05, 3.63) is 82.4 Å². The number of carbonyl (C=O) groups excluding carboxylic acids is 2. The molecule has 0 bridgehead atoms. The molecule has 0 radical (unpaired) electrons. The molecule has 1 fully saturated rings. The van der Waals surface area contributed by atoms with Gasteiger partial charge in [0.1, 0.15) is 0 Å². The zero-order valence-corrected chi connectivity index (χ0v) is 19.8. The first-order valence-corrected chi connectivity index (χ1v) is 11.1. The minimum Gasteiger partial charge on any atom is -0.465 e. The van der Waals surface area contributed by atoms with Crippen molar-refractivity contribution in [2.24, 2.45) is 5.92 Å². The zero-order valence-electron chi connectivity index (χ0n) is 19.8. The van der Waals surface area contributed by atoms with E-state index in [9.17, 15) is 19.8 Å². The Labute approximate surface area is 203 Å². The summed E-state index contributed by atoms with van der Waals surface area (Å²) in [6.45, 7) is 7.42. The molecule has 1 aliphatic carbocycles. The van der Waals surface area contributed by atoms with Crippen molar-refractivity contribution in [3.63, 3.8) is 0 Å². The van der Waals surface area contributed by atoms with Crippen LogP contribution in [0, 0.1) is 19.8 Å². The van der Waals surface area contributed by atoms with Crippen molar-refractivity contribution in [3.8, 4) is 0 Å². The molecule has 0 heterocycles. The lowest BCUT2D eigenvalue weighted by molar-refractivity contribution is 0.0591. The van der Waals surface area contributed by atoms with E-state index in [-0.39, 0.29) is 13.4 Å². The Hall–Kier alpha value is -2.96. The van der Waals surface area contributed by atoms with Crippen LogP contribution in [0.4, 0.5) is 0 Å². The van der Waals surface area contributed by atoms with Crippen LogP contribution < -0.4 is 0 Å². The Morgan fingerprint density at radius 1 is 0.941 bits per heavy atom. The second-order valence-corrected chi connectivity index (χ2v) is 8.36. The predicted octanol–water partition coefficient (Wildman–Crippen LogP) is 5.64. The van der Waals surface area contributed by atoms with E-state index >= 15 is 0 Å². The van der Waals surface area contributed by atoms with Gasteiger partial charge in [-0.3, -0.25) is 0 Å². The Balaban J connectivity index is 0.000000331. The largest absolute Gasteiger partial charge is 0.465 e. The quantitative estimate of drug-likeness (QED) is 0.383. The summed E-state index contributed by atoms with van der Waals surface area (Å²) in [6.07, 6.45) is 4.25. The van der Waals surface area contributed by atoms with E-state index in [2.05, 4.69) is 16.1 Å². The molecule has 1 aliphatic rings. The average molecular weight is 471 g/mol. The minimum atomic E-state index is -0.623. The maximum atomic E-state index is 11.4. The number of aryl methyl sites for hydroxylation is 2. The summed E-state index contributed by atoms with van der Waals surface area (Å²) in [5, 5.41) is 20.0. The number of carbonyl (C=O) groups is 2. The second-order valence-electron chi connectivity index (χ2n) is 8.36. The molecule has 0 aromatic heterocycles. The van der Waals surface area contributed by atoms with Gasteiger partial charge in [0.25, 0.3) is 0 Å². The smallest absolute Gasteiger partial charge is 0.337 e. The Morgan fingerprint density at radius 2 is 1.38 bits per heavy atom. The summed E-state index contributed by atoms with van der Waals surface area (Å²) in [6, 6.07) is 10.5. The predicted molar refractivity (Wildman–Crippen MR) is 134 cm³/mol. The summed E-state index contributed by atoms with van der Waals surface area (Å²) in [7, 11) is 2.70. The molecule has 6 nitrogen and oxygen atoms in total. The highest BCUT2D eigenvalue weighted by Gasteiger charge is 2.26. The number of esters is 2. The molecule has 34 heavy (non-hydrogen) atoms. The van der Waals surface area contributed by atoms with Gasteiger partial charge in [0, 0.05) is 0 Å². The van der Waals surface area contributed by atoms with Crippen LogP contribution in [0.25, 0.3) is 0 Å². The number of hydrogen-bond acceptors (Lipinski definition) is 6. The molecule has 0 saturated heterocycles. The summed E-state index contributed by atoms with van der Waals surface area (Å²) in [4.78, 5) is 22.8. The highest BCUT2D eigenvalue weighted by atomic mass is 16.5. The molecule has 186 valence electrons. The van der Waals surface area contributed by atoms with Crippen molar-refractivity contribution >= 4 is 11.9 Å². The first-order chi connectivity index (χ1) is 15.7. The third-order valence-electron chi connectivity index (χ3n) is 5.76. The van der Waals surface area contributed by atoms with Gasteiger partial charge >= 0.3 is 11.9 Å². The van der Waals surface area contributed by atoms with Crippen molar-refractivity contribution in [2.75, 3.05) is 14.2 Å². The Morgan fingerprint density at radius 3 is 1.76 bits per heavy atom. The lowest BCUT2D eigenvalue weighted by atomic mass is 9.97. The zero-order chi connectivity index (χ0) is 24.5. The van der Waals surface area contributed by atoms with E-state index in [1.165, 1.54) is 27.1 Å². The molecule has 1 saturated carbocycles. The number of ether oxygens (including phenoxy) is 2. The van der Waals surface area contributed by atoms with Gasteiger partial charge in [-0.1, -0.05) is 38.5 Å². The third-order valence-corrected chi connectivity index (χ3v) is 5.76. The second kappa shape index (κ2) is 13.7. The normalized spacial score (nSPS) is 13.9. The molecule has 3 rings (SSSR count). The van der Waals surface area contributed by atoms with Crippen molar-refractivity contribution in [2.45, 2.75) is 59.2 Å². The SMILES string of the molecule is C.C=CCC(O)c1cc(C(=O)OC)ccc1C.COC(=O)c1ccc(C)c(C(O)CC2CC2)c1. The van der Waals surface area contributed by atoms with Gasteiger partial charge in [-0.05, 0) is 79.1 Å². The first kappa shape index (κ1) is 29.1. The fourth-order valence-electron chi connectivity index (χ4n) is 3.57. The maximum absolute atomic E-state index is 11.4. The molecule has 2 atom stereocenters. The van der Waals surface area contributed by atoms with E-state index in [1.54, 1.807) is 36.4 Å². The van der Waals surface area contributed by atoms with E-state index in [4.69, 9.17) is 0 Å². The molecule has 0 aliphatic heterocycles. The van der Waals surface area contributed by atoms with Crippen LogP contribution in [0.5, 0.6) is 0 Å². The molecule has 2 aromatic rings. The fraction of sp³-hybridized carbons (Fsp3) is 0.429. The van der Waals surface area contributed by atoms with Crippen LogP contribution in [-0.4, -0.2) is 36.4 Å². The van der Waals surface area contributed by atoms with Gasteiger partial charge in [-0.2, -0.15) is 0 Å². The lowest BCUT2D eigenvalue weighted by Crippen LogP contribution is -2.06. The van der Waals surface area contributed by atoms with Gasteiger partial charge in [0.15, 0.2) is 0 Å². The maximum Gasteiger partial charge on any atom is 0.337 e. The minimum absolute atomic E-state index is 0. The molecule has 2 aromatic carbocycles. The molecule has 0 spiro atoms. The van der Waals surface area contributed by atoms with Gasteiger partial charge in [0.2, 0.25) is 0 Å². The van der Waals surface area contributed by atoms with Crippen LogP contribution >= 0.6 is 0 Å². The highest BCUT2D eigenvalue weighted by Crippen LogP contribution is 2.38. The summed E-state index contributed by atoms with van der Waals surface area (Å²) < 4.78 is 9.31. The van der Waals surface area contributed by atoms with Crippen molar-refractivity contribution < 1.29 is 29.3 Å². The molecule has 0 amide bonds. The Bertz CT molecular complexity index is 977. The van der Waals surface area contributed by atoms with E-state index in [0.717, 1.165) is 28.7 Å². The number of methoxy groups -OCH3 is 2. The lowest BCUT2D eigenvalue weighted by Gasteiger charge is -2.14. The van der Waals surface area contributed by atoms with Gasteiger partial charge < -0.3 is 19.7 Å². The molecule has 2 N–H and O–H groups in total. The number of hydrogen-bond donors (Lipinski definition) is 2. The van der Waals surface area contributed by atoms with Gasteiger partial charge in [0.05, 0.1) is 37.6 Å². The number of aliphatic hydroxyl groups is 2. The highest BCUT2D eigenvalue weighted by molar-refractivity contribution is 5.90. The number of benzene rings is 2. The molecular weight excluding hydrogens is 432 g/mol.